The van der Waals surface area contributed by atoms with Gasteiger partial charge in [0.25, 0.3) is 0 Å². The van der Waals surface area contributed by atoms with Gasteiger partial charge in [0.05, 0.1) is 6.04 Å². The first-order valence-corrected chi connectivity index (χ1v) is 7.91. The fourth-order valence-corrected chi connectivity index (χ4v) is 5.05. The van der Waals surface area contributed by atoms with Gasteiger partial charge in [0, 0.05) is 12.3 Å². The SMILES string of the molecule is CCC(=O)C(C)NC(=O)C1C2CC3CC(C2)CC1C3. The minimum Gasteiger partial charge on any atom is -0.346 e. The molecule has 0 aromatic heterocycles. The van der Waals surface area contributed by atoms with E-state index in [0.29, 0.717) is 18.3 Å². The maximum absolute atomic E-state index is 12.5. The number of Topliss-reactive ketones (excluding diaryl/α,β-unsaturated/α-hetero) is 1. The molecule has 4 saturated carbocycles. The second-order valence-corrected chi connectivity index (χ2v) is 7.01. The number of ketones is 1. The maximum Gasteiger partial charge on any atom is 0.224 e. The first-order valence-electron chi connectivity index (χ1n) is 7.91. The van der Waals surface area contributed by atoms with Crippen molar-refractivity contribution in [1.29, 1.82) is 0 Å². The van der Waals surface area contributed by atoms with E-state index in [2.05, 4.69) is 5.32 Å². The van der Waals surface area contributed by atoms with Crippen LogP contribution in [0.15, 0.2) is 0 Å². The van der Waals surface area contributed by atoms with E-state index in [1.165, 1.54) is 32.1 Å². The monoisotopic (exact) mass is 263 g/mol. The summed E-state index contributed by atoms with van der Waals surface area (Å²) in [6.07, 6.45) is 6.92. The van der Waals surface area contributed by atoms with Crippen LogP contribution in [-0.2, 0) is 9.59 Å². The Hall–Kier alpha value is -0.860. The molecule has 4 aliphatic rings. The molecular weight excluding hydrogens is 238 g/mol. The zero-order valence-corrected chi connectivity index (χ0v) is 12.0. The predicted octanol–water partition coefficient (Wildman–Crippen LogP) is 2.54. The Bertz CT molecular complexity index is 362. The molecule has 4 rings (SSSR count). The fraction of sp³-hybridized carbons (Fsp3) is 0.875. The highest BCUT2D eigenvalue weighted by atomic mass is 16.2. The molecule has 0 saturated heterocycles. The van der Waals surface area contributed by atoms with Crippen LogP contribution in [-0.4, -0.2) is 17.7 Å². The molecule has 0 aromatic carbocycles. The summed E-state index contributed by atoms with van der Waals surface area (Å²) in [6, 6.07) is -0.310. The zero-order chi connectivity index (χ0) is 13.6. The van der Waals surface area contributed by atoms with Crippen molar-refractivity contribution in [3.05, 3.63) is 0 Å². The molecule has 4 bridgehead atoms. The average molecular weight is 263 g/mol. The van der Waals surface area contributed by atoms with Gasteiger partial charge < -0.3 is 5.32 Å². The van der Waals surface area contributed by atoms with Crippen LogP contribution in [0.5, 0.6) is 0 Å². The van der Waals surface area contributed by atoms with E-state index in [1.54, 1.807) is 0 Å². The number of carbonyl (C=O) groups is 2. The summed E-state index contributed by atoms with van der Waals surface area (Å²) in [6.45, 7) is 3.67. The molecule has 1 unspecified atom stereocenters. The van der Waals surface area contributed by atoms with Gasteiger partial charge >= 0.3 is 0 Å². The van der Waals surface area contributed by atoms with Crippen molar-refractivity contribution in [2.75, 3.05) is 0 Å². The number of carbonyl (C=O) groups excluding carboxylic acids is 2. The molecular formula is C16H25NO2. The molecule has 0 radical (unpaired) electrons. The van der Waals surface area contributed by atoms with Crippen molar-refractivity contribution in [3.8, 4) is 0 Å². The molecule has 0 aromatic rings. The first kappa shape index (κ1) is 13.1. The number of nitrogens with one attached hydrogen (secondary N) is 1. The Labute approximate surface area is 115 Å². The summed E-state index contributed by atoms with van der Waals surface area (Å²) in [5.41, 5.74) is 0. The van der Waals surface area contributed by atoms with Gasteiger partial charge in [0.2, 0.25) is 5.91 Å². The Balaban J connectivity index is 1.66. The summed E-state index contributed by atoms with van der Waals surface area (Å²) < 4.78 is 0. The van der Waals surface area contributed by atoms with E-state index >= 15 is 0 Å². The largest absolute Gasteiger partial charge is 0.346 e. The van der Waals surface area contributed by atoms with Crippen LogP contribution in [0.3, 0.4) is 0 Å². The lowest BCUT2D eigenvalue weighted by molar-refractivity contribution is -0.140. The quantitative estimate of drug-likeness (QED) is 0.847. The van der Waals surface area contributed by atoms with Gasteiger partial charge in [-0.15, -0.1) is 0 Å². The lowest BCUT2D eigenvalue weighted by atomic mass is 9.51. The highest BCUT2D eigenvalue weighted by molar-refractivity contribution is 5.89. The second kappa shape index (κ2) is 4.92. The highest BCUT2D eigenvalue weighted by Gasteiger charge is 2.50. The smallest absolute Gasteiger partial charge is 0.224 e. The third kappa shape index (κ3) is 2.32. The summed E-state index contributed by atoms with van der Waals surface area (Å²) in [4.78, 5) is 24.1. The normalized spacial score (nSPS) is 41.1. The zero-order valence-electron chi connectivity index (χ0n) is 12.0. The van der Waals surface area contributed by atoms with E-state index in [-0.39, 0.29) is 23.7 Å². The van der Waals surface area contributed by atoms with Gasteiger partial charge in [-0.3, -0.25) is 9.59 Å². The Morgan fingerprint density at radius 2 is 1.58 bits per heavy atom. The van der Waals surface area contributed by atoms with Gasteiger partial charge in [-0.25, -0.2) is 0 Å². The number of hydrogen-bond donors (Lipinski definition) is 1. The summed E-state index contributed by atoms with van der Waals surface area (Å²) in [7, 11) is 0. The molecule has 3 nitrogen and oxygen atoms in total. The van der Waals surface area contributed by atoms with Crippen LogP contribution in [0.4, 0.5) is 0 Å². The average Bonchev–Trinajstić information content (AvgIpc) is 2.36. The lowest BCUT2D eigenvalue weighted by Gasteiger charge is -2.53. The Morgan fingerprint density at radius 1 is 1.05 bits per heavy atom. The molecule has 0 spiro atoms. The molecule has 4 aliphatic carbocycles. The molecule has 1 amide bonds. The Kier molecular flexibility index (Phi) is 3.40. The standard InChI is InChI=1S/C16H25NO2/c1-3-14(18)9(2)17-16(19)15-12-5-10-4-11(7-12)8-13(15)6-10/h9-13,15H,3-8H2,1-2H3,(H,17,19). The van der Waals surface area contributed by atoms with Crippen molar-refractivity contribution in [2.45, 2.75) is 58.4 Å². The minimum absolute atomic E-state index is 0.136. The van der Waals surface area contributed by atoms with Crippen LogP contribution in [0.2, 0.25) is 0 Å². The summed E-state index contributed by atoms with van der Waals surface area (Å²) in [5, 5.41) is 2.97. The van der Waals surface area contributed by atoms with E-state index in [1.807, 2.05) is 13.8 Å². The van der Waals surface area contributed by atoms with Crippen LogP contribution < -0.4 is 5.32 Å². The van der Waals surface area contributed by atoms with Crippen molar-refractivity contribution in [3.63, 3.8) is 0 Å². The van der Waals surface area contributed by atoms with Crippen LogP contribution in [0, 0.1) is 29.6 Å². The molecule has 19 heavy (non-hydrogen) atoms. The Morgan fingerprint density at radius 3 is 2.05 bits per heavy atom. The first-order chi connectivity index (χ1) is 9.08. The van der Waals surface area contributed by atoms with Gasteiger partial charge in [-0.2, -0.15) is 0 Å². The maximum atomic E-state index is 12.5. The van der Waals surface area contributed by atoms with Crippen molar-refractivity contribution in [1.82, 2.24) is 5.32 Å². The molecule has 0 aliphatic heterocycles. The van der Waals surface area contributed by atoms with E-state index in [4.69, 9.17) is 0 Å². The number of rotatable bonds is 4. The van der Waals surface area contributed by atoms with Crippen LogP contribution in [0.1, 0.15) is 52.4 Å². The topological polar surface area (TPSA) is 46.2 Å². The molecule has 4 fully saturated rings. The van der Waals surface area contributed by atoms with Gasteiger partial charge in [-0.05, 0) is 62.7 Å². The highest BCUT2D eigenvalue weighted by Crippen LogP contribution is 2.56. The second-order valence-electron chi connectivity index (χ2n) is 7.01. The number of hydrogen-bond acceptors (Lipinski definition) is 2. The minimum atomic E-state index is -0.310. The summed E-state index contributed by atoms with van der Waals surface area (Å²) in [5.74, 6) is 3.46. The molecule has 0 heterocycles. The third-order valence-corrected chi connectivity index (χ3v) is 5.72. The molecule has 1 N–H and O–H groups in total. The van der Waals surface area contributed by atoms with Crippen LogP contribution in [0.25, 0.3) is 0 Å². The predicted molar refractivity (Wildman–Crippen MR) is 73.4 cm³/mol. The van der Waals surface area contributed by atoms with Crippen molar-refractivity contribution in [2.24, 2.45) is 29.6 Å². The van der Waals surface area contributed by atoms with Crippen molar-refractivity contribution >= 4 is 11.7 Å². The fourth-order valence-electron chi connectivity index (χ4n) is 5.05. The van der Waals surface area contributed by atoms with E-state index < -0.39 is 0 Å². The van der Waals surface area contributed by atoms with Crippen molar-refractivity contribution < 1.29 is 9.59 Å². The van der Waals surface area contributed by atoms with E-state index in [0.717, 1.165) is 11.8 Å². The van der Waals surface area contributed by atoms with E-state index in [9.17, 15) is 9.59 Å². The summed E-state index contributed by atoms with van der Waals surface area (Å²) >= 11 is 0. The van der Waals surface area contributed by atoms with Crippen LogP contribution >= 0.6 is 0 Å². The number of amides is 1. The third-order valence-electron chi connectivity index (χ3n) is 5.72. The molecule has 1 atom stereocenters. The lowest BCUT2D eigenvalue weighted by Crippen LogP contribution is -2.53. The van der Waals surface area contributed by atoms with Gasteiger partial charge in [-0.1, -0.05) is 6.92 Å². The molecule has 3 heteroatoms. The van der Waals surface area contributed by atoms with Gasteiger partial charge in [0.1, 0.15) is 0 Å². The molecule has 106 valence electrons. The van der Waals surface area contributed by atoms with Gasteiger partial charge in [0.15, 0.2) is 5.78 Å².